The van der Waals surface area contributed by atoms with E-state index < -0.39 is 6.10 Å². The number of hydrogen-bond donors (Lipinski definition) is 1. The third-order valence-electron chi connectivity index (χ3n) is 5.17. The molecule has 1 amide bonds. The number of benzene rings is 2. The molecule has 1 atom stereocenters. The van der Waals surface area contributed by atoms with Crippen LogP contribution in [0.1, 0.15) is 43.7 Å². The number of rotatable bonds is 8. The molecular formula is C23H29FN2O2. The Labute approximate surface area is 166 Å². The fourth-order valence-corrected chi connectivity index (χ4v) is 3.54. The van der Waals surface area contributed by atoms with Gasteiger partial charge in [0.25, 0.3) is 5.91 Å². The fraction of sp³-hybridized carbons (Fsp3) is 0.435. The van der Waals surface area contributed by atoms with Crippen LogP contribution in [0.3, 0.4) is 0 Å². The van der Waals surface area contributed by atoms with Crippen molar-refractivity contribution in [1.29, 1.82) is 0 Å². The molecule has 0 saturated carbocycles. The highest BCUT2D eigenvalue weighted by Crippen LogP contribution is 2.17. The quantitative estimate of drug-likeness (QED) is 0.738. The third-order valence-corrected chi connectivity index (χ3v) is 5.17. The van der Waals surface area contributed by atoms with Crippen LogP contribution in [0.25, 0.3) is 0 Å². The van der Waals surface area contributed by atoms with Gasteiger partial charge in [-0.1, -0.05) is 37.6 Å². The summed E-state index contributed by atoms with van der Waals surface area (Å²) >= 11 is 0. The molecule has 1 fully saturated rings. The van der Waals surface area contributed by atoms with E-state index in [1.807, 2.05) is 13.0 Å². The highest BCUT2D eigenvalue weighted by atomic mass is 19.1. The maximum atomic E-state index is 13.0. The highest BCUT2D eigenvalue weighted by molar-refractivity contribution is 5.81. The van der Waals surface area contributed by atoms with E-state index in [2.05, 4.69) is 28.4 Å². The molecule has 0 aliphatic carbocycles. The van der Waals surface area contributed by atoms with E-state index >= 15 is 0 Å². The standard InChI is InChI=1S/C23H29FN2O2/c1-2-22(28-21-12-10-20(24)11-13-21)23(27)25-16-18-8-4-5-9-19(18)17-26-14-6-3-7-15-26/h4-5,8-13,22H,2-3,6-7,14-17H2,1H3,(H,25,27). The number of hydrogen-bond acceptors (Lipinski definition) is 3. The molecule has 0 bridgehead atoms. The minimum absolute atomic E-state index is 0.153. The molecule has 150 valence electrons. The molecule has 2 aromatic rings. The lowest BCUT2D eigenvalue weighted by molar-refractivity contribution is -0.128. The number of ether oxygens (including phenoxy) is 1. The summed E-state index contributed by atoms with van der Waals surface area (Å²) in [6.45, 7) is 5.59. The molecular weight excluding hydrogens is 355 g/mol. The predicted octanol–water partition coefficient (Wildman–Crippen LogP) is 4.29. The zero-order chi connectivity index (χ0) is 19.8. The normalized spacial score (nSPS) is 15.8. The Morgan fingerprint density at radius 1 is 1.07 bits per heavy atom. The number of nitrogens with zero attached hydrogens (tertiary/aromatic N) is 1. The molecule has 1 saturated heterocycles. The van der Waals surface area contributed by atoms with Gasteiger partial charge in [0, 0.05) is 13.1 Å². The van der Waals surface area contributed by atoms with Gasteiger partial charge in [-0.2, -0.15) is 0 Å². The van der Waals surface area contributed by atoms with Crippen molar-refractivity contribution < 1.29 is 13.9 Å². The number of carbonyl (C=O) groups excluding carboxylic acids is 1. The van der Waals surface area contributed by atoms with Crippen LogP contribution in [0.15, 0.2) is 48.5 Å². The van der Waals surface area contributed by atoms with E-state index in [9.17, 15) is 9.18 Å². The Bertz CT molecular complexity index is 757. The van der Waals surface area contributed by atoms with Gasteiger partial charge in [-0.05, 0) is 67.7 Å². The molecule has 1 aliphatic rings. The molecule has 0 radical (unpaired) electrons. The minimum atomic E-state index is -0.597. The molecule has 1 unspecified atom stereocenters. The van der Waals surface area contributed by atoms with Crippen LogP contribution in [0.4, 0.5) is 4.39 Å². The minimum Gasteiger partial charge on any atom is -0.481 e. The van der Waals surface area contributed by atoms with Gasteiger partial charge in [0.15, 0.2) is 6.10 Å². The first-order valence-electron chi connectivity index (χ1n) is 10.1. The fourth-order valence-electron chi connectivity index (χ4n) is 3.54. The molecule has 1 heterocycles. The first kappa shape index (κ1) is 20.3. The molecule has 4 nitrogen and oxygen atoms in total. The molecule has 28 heavy (non-hydrogen) atoms. The second-order valence-electron chi connectivity index (χ2n) is 7.29. The Morgan fingerprint density at radius 3 is 2.43 bits per heavy atom. The summed E-state index contributed by atoms with van der Waals surface area (Å²) < 4.78 is 18.8. The second kappa shape index (κ2) is 10.2. The van der Waals surface area contributed by atoms with Gasteiger partial charge in [0.2, 0.25) is 0 Å². The monoisotopic (exact) mass is 384 g/mol. The summed E-state index contributed by atoms with van der Waals surface area (Å²) in [6.07, 6.45) is 3.79. The third kappa shape index (κ3) is 5.80. The maximum absolute atomic E-state index is 13.0. The zero-order valence-electron chi connectivity index (χ0n) is 16.5. The van der Waals surface area contributed by atoms with Gasteiger partial charge in [0.1, 0.15) is 11.6 Å². The number of carbonyl (C=O) groups is 1. The van der Waals surface area contributed by atoms with Crippen molar-refractivity contribution in [3.63, 3.8) is 0 Å². The molecule has 3 rings (SSSR count). The average Bonchev–Trinajstić information content (AvgIpc) is 2.73. The largest absolute Gasteiger partial charge is 0.481 e. The number of amides is 1. The van der Waals surface area contributed by atoms with Crippen molar-refractivity contribution in [3.05, 3.63) is 65.5 Å². The topological polar surface area (TPSA) is 41.6 Å². The Hall–Kier alpha value is -2.40. The Balaban J connectivity index is 1.57. The Morgan fingerprint density at radius 2 is 1.75 bits per heavy atom. The molecule has 0 aromatic heterocycles. The summed E-state index contributed by atoms with van der Waals surface area (Å²) in [5.74, 6) is 0.0173. The lowest BCUT2D eigenvalue weighted by Crippen LogP contribution is -2.38. The van der Waals surface area contributed by atoms with E-state index in [1.165, 1.54) is 37.0 Å². The van der Waals surface area contributed by atoms with Crippen molar-refractivity contribution in [2.24, 2.45) is 0 Å². The van der Waals surface area contributed by atoms with E-state index in [4.69, 9.17) is 4.74 Å². The van der Waals surface area contributed by atoms with Crippen molar-refractivity contribution >= 4 is 5.91 Å². The zero-order valence-corrected chi connectivity index (χ0v) is 16.5. The van der Waals surface area contributed by atoms with Gasteiger partial charge in [0.05, 0.1) is 0 Å². The molecule has 1 aliphatic heterocycles. The Kier molecular flexibility index (Phi) is 7.43. The van der Waals surface area contributed by atoms with Crippen molar-refractivity contribution in [2.75, 3.05) is 13.1 Å². The summed E-state index contributed by atoms with van der Waals surface area (Å²) in [5, 5.41) is 3.00. The van der Waals surface area contributed by atoms with Crippen LogP contribution in [0.5, 0.6) is 5.75 Å². The van der Waals surface area contributed by atoms with Crippen LogP contribution in [-0.4, -0.2) is 30.0 Å². The van der Waals surface area contributed by atoms with Gasteiger partial charge in [-0.25, -0.2) is 4.39 Å². The average molecular weight is 384 g/mol. The highest BCUT2D eigenvalue weighted by Gasteiger charge is 2.19. The SMILES string of the molecule is CCC(Oc1ccc(F)cc1)C(=O)NCc1ccccc1CN1CCCCC1. The van der Waals surface area contributed by atoms with E-state index in [0.29, 0.717) is 18.7 Å². The summed E-state index contributed by atoms with van der Waals surface area (Å²) in [5.41, 5.74) is 2.40. The van der Waals surface area contributed by atoms with Crippen LogP contribution in [-0.2, 0) is 17.9 Å². The lowest BCUT2D eigenvalue weighted by Gasteiger charge is -2.27. The van der Waals surface area contributed by atoms with Gasteiger partial charge in [-0.3, -0.25) is 9.69 Å². The smallest absolute Gasteiger partial charge is 0.261 e. The number of halogens is 1. The second-order valence-corrected chi connectivity index (χ2v) is 7.29. The first-order valence-corrected chi connectivity index (χ1v) is 10.1. The van der Waals surface area contributed by atoms with Crippen molar-refractivity contribution in [2.45, 2.75) is 51.8 Å². The number of likely N-dealkylation sites (tertiary alicyclic amines) is 1. The number of piperidine rings is 1. The summed E-state index contributed by atoms with van der Waals surface area (Å²) in [6, 6.07) is 14.0. The number of nitrogens with one attached hydrogen (secondary N) is 1. The predicted molar refractivity (Wildman–Crippen MR) is 109 cm³/mol. The van der Waals surface area contributed by atoms with Gasteiger partial charge < -0.3 is 10.1 Å². The van der Waals surface area contributed by atoms with E-state index in [0.717, 1.165) is 25.2 Å². The molecule has 2 aromatic carbocycles. The van der Waals surface area contributed by atoms with Crippen LogP contribution in [0.2, 0.25) is 0 Å². The van der Waals surface area contributed by atoms with Crippen LogP contribution >= 0.6 is 0 Å². The first-order chi connectivity index (χ1) is 13.7. The van der Waals surface area contributed by atoms with Crippen molar-refractivity contribution in [3.8, 4) is 5.75 Å². The van der Waals surface area contributed by atoms with Crippen LogP contribution < -0.4 is 10.1 Å². The molecule has 0 spiro atoms. The summed E-state index contributed by atoms with van der Waals surface area (Å²) in [7, 11) is 0. The lowest BCUT2D eigenvalue weighted by atomic mass is 10.0. The molecule has 5 heteroatoms. The maximum Gasteiger partial charge on any atom is 0.261 e. The summed E-state index contributed by atoms with van der Waals surface area (Å²) in [4.78, 5) is 15.1. The molecule has 1 N–H and O–H groups in total. The van der Waals surface area contributed by atoms with Gasteiger partial charge in [-0.15, -0.1) is 0 Å². The van der Waals surface area contributed by atoms with Crippen molar-refractivity contribution in [1.82, 2.24) is 10.2 Å². The van der Waals surface area contributed by atoms with E-state index in [-0.39, 0.29) is 11.7 Å². The van der Waals surface area contributed by atoms with E-state index in [1.54, 1.807) is 12.1 Å². The van der Waals surface area contributed by atoms with Gasteiger partial charge >= 0.3 is 0 Å². The van der Waals surface area contributed by atoms with Crippen LogP contribution in [0, 0.1) is 5.82 Å².